The Morgan fingerprint density at radius 1 is 1.38 bits per heavy atom. The van der Waals surface area contributed by atoms with Crippen LogP contribution in [0.15, 0.2) is 18.2 Å². The summed E-state index contributed by atoms with van der Waals surface area (Å²) in [6.45, 7) is 2.18. The third-order valence-electron chi connectivity index (χ3n) is 4.27. The molecule has 0 unspecified atom stereocenters. The maximum atomic E-state index is 13.6. The number of hydrogen-bond donors (Lipinski definition) is 1. The van der Waals surface area contributed by atoms with Gasteiger partial charge < -0.3 is 5.32 Å². The van der Waals surface area contributed by atoms with Crippen molar-refractivity contribution in [3.63, 3.8) is 0 Å². The Hall–Kier alpha value is -1.16. The lowest BCUT2D eigenvalue weighted by Crippen LogP contribution is -2.52. The molecule has 1 aliphatic carbocycles. The van der Waals surface area contributed by atoms with Gasteiger partial charge >= 0.3 is 0 Å². The van der Waals surface area contributed by atoms with E-state index in [-0.39, 0.29) is 17.9 Å². The molecule has 1 aliphatic rings. The summed E-state index contributed by atoms with van der Waals surface area (Å²) in [4.78, 5) is 12.1. The van der Waals surface area contributed by atoms with Gasteiger partial charge in [-0.3, -0.25) is 4.79 Å². The molecule has 2 nitrogen and oxygen atoms in total. The Balaban J connectivity index is 2.02. The molecule has 5 heteroatoms. The first kappa shape index (κ1) is 16.2. The van der Waals surface area contributed by atoms with Gasteiger partial charge in [0.15, 0.2) is 11.6 Å². The SMILES string of the molecule is CC1CCC(CCl)(NC(=O)Cc2cccc(F)c2F)CC1. The first-order valence-electron chi connectivity index (χ1n) is 7.25. The number of nitrogens with one attached hydrogen (secondary N) is 1. The molecule has 1 aromatic rings. The molecule has 0 spiro atoms. The molecular formula is C16H20ClF2NO. The molecule has 1 fully saturated rings. The number of halogens is 3. The molecule has 1 aromatic carbocycles. The summed E-state index contributed by atoms with van der Waals surface area (Å²) in [5, 5.41) is 2.94. The van der Waals surface area contributed by atoms with Crippen molar-refractivity contribution in [1.82, 2.24) is 5.32 Å². The van der Waals surface area contributed by atoms with Gasteiger partial charge in [-0.25, -0.2) is 8.78 Å². The molecule has 0 radical (unpaired) electrons. The number of carbonyl (C=O) groups excluding carboxylic acids is 1. The summed E-state index contributed by atoms with van der Waals surface area (Å²) in [6.07, 6.45) is 3.52. The van der Waals surface area contributed by atoms with Crippen LogP contribution in [0.3, 0.4) is 0 Å². The van der Waals surface area contributed by atoms with E-state index in [4.69, 9.17) is 11.6 Å². The molecule has 0 heterocycles. The molecule has 1 N–H and O–H groups in total. The molecular weight excluding hydrogens is 296 g/mol. The highest BCUT2D eigenvalue weighted by Crippen LogP contribution is 2.32. The van der Waals surface area contributed by atoms with Gasteiger partial charge in [0, 0.05) is 11.4 Å². The molecule has 21 heavy (non-hydrogen) atoms. The fourth-order valence-corrected chi connectivity index (χ4v) is 3.14. The van der Waals surface area contributed by atoms with Crippen LogP contribution in [0.25, 0.3) is 0 Å². The lowest BCUT2D eigenvalue weighted by molar-refractivity contribution is -0.122. The van der Waals surface area contributed by atoms with Crippen molar-refractivity contribution in [3.05, 3.63) is 35.4 Å². The Morgan fingerprint density at radius 3 is 2.67 bits per heavy atom. The maximum Gasteiger partial charge on any atom is 0.224 e. The summed E-state index contributed by atoms with van der Waals surface area (Å²) in [6, 6.07) is 3.87. The fourth-order valence-electron chi connectivity index (χ4n) is 2.80. The summed E-state index contributed by atoms with van der Waals surface area (Å²) in [5.41, 5.74) is -0.337. The Morgan fingerprint density at radius 2 is 2.05 bits per heavy atom. The summed E-state index contributed by atoms with van der Waals surface area (Å²) < 4.78 is 26.7. The molecule has 2 rings (SSSR count). The smallest absolute Gasteiger partial charge is 0.224 e. The predicted molar refractivity (Wildman–Crippen MR) is 79.3 cm³/mol. The van der Waals surface area contributed by atoms with Crippen molar-refractivity contribution < 1.29 is 13.6 Å². The first-order chi connectivity index (χ1) is 9.96. The second-order valence-corrected chi connectivity index (χ2v) is 6.30. The van der Waals surface area contributed by atoms with Crippen LogP contribution in [0.4, 0.5) is 8.78 Å². The van der Waals surface area contributed by atoms with Crippen molar-refractivity contribution in [3.8, 4) is 0 Å². The summed E-state index contributed by atoms with van der Waals surface area (Å²) >= 11 is 6.04. The van der Waals surface area contributed by atoms with E-state index >= 15 is 0 Å². The number of benzene rings is 1. The zero-order valence-electron chi connectivity index (χ0n) is 12.1. The van der Waals surface area contributed by atoms with Crippen LogP contribution in [-0.4, -0.2) is 17.3 Å². The zero-order chi connectivity index (χ0) is 15.5. The molecule has 116 valence electrons. The standard InChI is InChI=1S/C16H20ClF2NO/c1-11-5-7-16(10-17,8-6-11)20-14(21)9-12-3-2-4-13(18)15(12)19/h2-4,11H,5-10H2,1H3,(H,20,21). The third-order valence-corrected chi connectivity index (χ3v) is 4.79. The monoisotopic (exact) mass is 315 g/mol. The summed E-state index contributed by atoms with van der Waals surface area (Å²) in [7, 11) is 0. The lowest BCUT2D eigenvalue weighted by Gasteiger charge is -2.38. The van der Waals surface area contributed by atoms with E-state index < -0.39 is 17.2 Å². The van der Waals surface area contributed by atoms with Crippen molar-refractivity contribution in [1.29, 1.82) is 0 Å². The number of hydrogen-bond acceptors (Lipinski definition) is 1. The van der Waals surface area contributed by atoms with Crippen LogP contribution >= 0.6 is 11.6 Å². The molecule has 0 aliphatic heterocycles. The fraction of sp³-hybridized carbons (Fsp3) is 0.562. The average Bonchev–Trinajstić information content (AvgIpc) is 2.47. The molecule has 0 bridgehead atoms. The van der Waals surface area contributed by atoms with Gasteiger partial charge in [-0.1, -0.05) is 19.1 Å². The van der Waals surface area contributed by atoms with Gasteiger partial charge in [0.2, 0.25) is 5.91 Å². The lowest BCUT2D eigenvalue weighted by atomic mass is 9.78. The van der Waals surface area contributed by atoms with Gasteiger partial charge in [0.1, 0.15) is 0 Å². The molecule has 0 atom stereocenters. The van der Waals surface area contributed by atoms with Gasteiger partial charge in [0.25, 0.3) is 0 Å². The highest BCUT2D eigenvalue weighted by atomic mass is 35.5. The minimum absolute atomic E-state index is 0.0707. The summed E-state index contributed by atoms with van der Waals surface area (Å²) in [5.74, 6) is -1.21. The Kier molecular flexibility index (Phi) is 5.20. The van der Waals surface area contributed by atoms with E-state index in [2.05, 4.69) is 12.2 Å². The van der Waals surface area contributed by atoms with Crippen LogP contribution in [0.5, 0.6) is 0 Å². The number of alkyl halides is 1. The number of carbonyl (C=O) groups is 1. The van der Waals surface area contributed by atoms with E-state index in [0.29, 0.717) is 11.8 Å². The van der Waals surface area contributed by atoms with E-state index in [1.165, 1.54) is 12.1 Å². The Bertz CT molecular complexity index is 513. The molecule has 0 saturated heterocycles. The molecule has 1 amide bonds. The number of amides is 1. The van der Waals surface area contributed by atoms with Crippen LogP contribution in [0.2, 0.25) is 0 Å². The highest BCUT2D eigenvalue weighted by Gasteiger charge is 2.34. The van der Waals surface area contributed by atoms with Crippen LogP contribution in [-0.2, 0) is 11.2 Å². The van der Waals surface area contributed by atoms with Gasteiger partial charge in [-0.15, -0.1) is 11.6 Å². The van der Waals surface area contributed by atoms with Gasteiger partial charge in [-0.2, -0.15) is 0 Å². The van der Waals surface area contributed by atoms with E-state index in [1.54, 1.807) is 0 Å². The van der Waals surface area contributed by atoms with E-state index in [0.717, 1.165) is 31.7 Å². The number of rotatable bonds is 4. The van der Waals surface area contributed by atoms with Crippen molar-refractivity contribution >= 4 is 17.5 Å². The Labute approximate surface area is 128 Å². The largest absolute Gasteiger partial charge is 0.349 e. The van der Waals surface area contributed by atoms with Crippen LogP contribution < -0.4 is 5.32 Å². The minimum atomic E-state index is -0.954. The van der Waals surface area contributed by atoms with Gasteiger partial charge in [-0.05, 0) is 37.7 Å². The van der Waals surface area contributed by atoms with Gasteiger partial charge in [0.05, 0.1) is 12.0 Å². The van der Waals surface area contributed by atoms with Crippen molar-refractivity contribution in [2.45, 2.75) is 44.6 Å². The highest BCUT2D eigenvalue weighted by molar-refractivity contribution is 6.18. The first-order valence-corrected chi connectivity index (χ1v) is 7.79. The molecule has 0 aromatic heterocycles. The normalized spacial score (nSPS) is 25.6. The van der Waals surface area contributed by atoms with Crippen LogP contribution in [0, 0.1) is 17.6 Å². The third kappa shape index (κ3) is 3.94. The van der Waals surface area contributed by atoms with Crippen molar-refractivity contribution in [2.24, 2.45) is 5.92 Å². The van der Waals surface area contributed by atoms with Crippen LogP contribution in [0.1, 0.15) is 38.2 Å². The topological polar surface area (TPSA) is 29.1 Å². The quantitative estimate of drug-likeness (QED) is 0.841. The molecule has 1 saturated carbocycles. The minimum Gasteiger partial charge on any atom is -0.349 e. The second kappa shape index (κ2) is 6.73. The zero-order valence-corrected chi connectivity index (χ0v) is 12.9. The second-order valence-electron chi connectivity index (χ2n) is 6.03. The van der Waals surface area contributed by atoms with E-state index in [9.17, 15) is 13.6 Å². The van der Waals surface area contributed by atoms with E-state index in [1.807, 2.05) is 0 Å². The van der Waals surface area contributed by atoms with Crippen molar-refractivity contribution in [2.75, 3.05) is 5.88 Å². The maximum absolute atomic E-state index is 13.6. The average molecular weight is 316 g/mol. The predicted octanol–water partition coefficient (Wildman–Crippen LogP) is 3.81.